The maximum Gasteiger partial charge on any atom is 0.0631 e. The van der Waals surface area contributed by atoms with Crippen molar-refractivity contribution in [2.45, 2.75) is 25.9 Å². The van der Waals surface area contributed by atoms with Gasteiger partial charge in [-0.25, -0.2) is 0 Å². The molecule has 1 aromatic carbocycles. The minimum Gasteiger partial charge on any atom is -0.390 e. The average Bonchev–Trinajstić information content (AvgIpc) is 1.85. The van der Waals surface area contributed by atoms with Gasteiger partial charge in [0.25, 0.3) is 0 Å². The molecule has 0 amide bonds. The van der Waals surface area contributed by atoms with E-state index in [1.165, 1.54) is 0 Å². The molecular formula is C10H13O. The Bertz CT molecular complexity index is 208. The average molecular weight is 149 g/mol. The van der Waals surface area contributed by atoms with Crippen LogP contribution in [0.15, 0.2) is 24.3 Å². The van der Waals surface area contributed by atoms with E-state index in [-0.39, 0.29) is 0 Å². The van der Waals surface area contributed by atoms with E-state index in [0.717, 1.165) is 5.56 Å². The lowest BCUT2D eigenvalue weighted by Gasteiger charge is -2.16. The molecule has 1 radical (unpaired) electrons. The van der Waals surface area contributed by atoms with Crippen LogP contribution in [0.1, 0.15) is 19.4 Å². The summed E-state index contributed by atoms with van der Waals surface area (Å²) in [6.07, 6.45) is 0.685. The van der Waals surface area contributed by atoms with Crippen LogP contribution in [0.3, 0.4) is 0 Å². The Morgan fingerprint density at radius 3 is 2.73 bits per heavy atom. The summed E-state index contributed by atoms with van der Waals surface area (Å²) in [6, 6.07) is 10.7. The predicted molar refractivity (Wildman–Crippen MR) is 45.3 cm³/mol. The number of hydrogen-bond acceptors (Lipinski definition) is 1. The van der Waals surface area contributed by atoms with Gasteiger partial charge in [0.1, 0.15) is 0 Å². The zero-order valence-corrected chi connectivity index (χ0v) is 6.96. The minimum absolute atomic E-state index is 0.616. The molecule has 0 aliphatic heterocycles. The molecule has 0 aliphatic carbocycles. The van der Waals surface area contributed by atoms with Gasteiger partial charge in [0.05, 0.1) is 5.60 Å². The summed E-state index contributed by atoms with van der Waals surface area (Å²) >= 11 is 0. The Hall–Kier alpha value is -0.820. The Balaban J connectivity index is 2.66. The van der Waals surface area contributed by atoms with Crippen molar-refractivity contribution in [2.75, 3.05) is 0 Å². The molecule has 0 aliphatic rings. The lowest BCUT2D eigenvalue weighted by atomic mass is 9.99. The van der Waals surface area contributed by atoms with Crippen LogP contribution in [0.4, 0.5) is 0 Å². The lowest BCUT2D eigenvalue weighted by Crippen LogP contribution is -2.21. The number of hydrogen-bond donors (Lipinski definition) is 1. The zero-order chi connectivity index (χ0) is 8.32. The van der Waals surface area contributed by atoms with Crippen LogP contribution in [0.2, 0.25) is 0 Å². The highest BCUT2D eigenvalue weighted by atomic mass is 16.3. The van der Waals surface area contributed by atoms with Gasteiger partial charge < -0.3 is 5.11 Å². The summed E-state index contributed by atoms with van der Waals surface area (Å²) in [4.78, 5) is 0. The van der Waals surface area contributed by atoms with Gasteiger partial charge in [0.15, 0.2) is 0 Å². The summed E-state index contributed by atoms with van der Waals surface area (Å²) in [7, 11) is 0. The molecular weight excluding hydrogens is 136 g/mol. The second-order valence-corrected chi connectivity index (χ2v) is 3.40. The van der Waals surface area contributed by atoms with E-state index in [1.54, 1.807) is 13.8 Å². The minimum atomic E-state index is -0.616. The smallest absolute Gasteiger partial charge is 0.0631 e. The number of benzene rings is 1. The predicted octanol–water partition coefficient (Wildman–Crippen LogP) is 1.80. The van der Waals surface area contributed by atoms with E-state index in [1.807, 2.05) is 24.3 Å². The van der Waals surface area contributed by atoms with Crippen LogP contribution >= 0.6 is 0 Å². The number of aliphatic hydroxyl groups is 1. The molecule has 1 heteroatoms. The Morgan fingerprint density at radius 2 is 2.27 bits per heavy atom. The van der Waals surface area contributed by atoms with E-state index in [4.69, 9.17) is 0 Å². The maximum absolute atomic E-state index is 9.46. The normalized spacial score (nSPS) is 11.5. The third-order valence-electron chi connectivity index (χ3n) is 1.41. The van der Waals surface area contributed by atoms with Gasteiger partial charge in [-0.15, -0.1) is 0 Å². The highest BCUT2D eigenvalue weighted by molar-refractivity contribution is 5.15. The second kappa shape index (κ2) is 3.05. The van der Waals surface area contributed by atoms with E-state index >= 15 is 0 Å². The quantitative estimate of drug-likeness (QED) is 0.679. The van der Waals surface area contributed by atoms with Crippen LogP contribution in [-0.2, 0) is 6.42 Å². The van der Waals surface area contributed by atoms with Gasteiger partial charge in [-0.2, -0.15) is 0 Å². The van der Waals surface area contributed by atoms with Crippen LogP contribution in [0, 0.1) is 6.07 Å². The van der Waals surface area contributed by atoms with Crippen LogP contribution in [-0.4, -0.2) is 10.7 Å². The summed E-state index contributed by atoms with van der Waals surface area (Å²) in [5, 5.41) is 9.46. The van der Waals surface area contributed by atoms with Crippen LogP contribution < -0.4 is 0 Å². The first-order valence-corrected chi connectivity index (χ1v) is 3.75. The molecule has 0 heterocycles. The molecule has 1 N–H and O–H groups in total. The van der Waals surface area contributed by atoms with Crippen molar-refractivity contribution in [1.82, 2.24) is 0 Å². The van der Waals surface area contributed by atoms with Gasteiger partial charge in [-0.3, -0.25) is 0 Å². The third kappa shape index (κ3) is 3.19. The summed E-state index contributed by atoms with van der Waals surface area (Å²) in [5.41, 5.74) is 0.509. The van der Waals surface area contributed by atoms with Gasteiger partial charge in [0, 0.05) is 6.42 Å². The third-order valence-corrected chi connectivity index (χ3v) is 1.41. The topological polar surface area (TPSA) is 20.2 Å². The highest BCUT2D eigenvalue weighted by Gasteiger charge is 2.12. The maximum atomic E-state index is 9.46. The van der Waals surface area contributed by atoms with Crippen molar-refractivity contribution in [2.24, 2.45) is 0 Å². The molecule has 1 aromatic rings. The molecule has 1 rings (SSSR count). The van der Waals surface area contributed by atoms with Crippen molar-refractivity contribution in [1.29, 1.82) is 0 Å². The molecule has 59 valence electrons. The fraction of sp³-hybridized carbons (Fsp3) is 0.400. The molecule has 0 aromatic heterocycles. The summed E-state index contributed by atoms with van der Waals surface area (Å²) in [6.45, 7) is 3.61. The van der Waals surface area contributed by atoms with Gasteiger partial charge in [0.2, 0.25) is 0 Å². The van der Waals surface area contributed by atoms with Crippen LogP contribution in [0.25, 0.3) is 0 Å². The highest BCUT2D eigenvalue weighted by Crippen LogP contribution is 2.10. The van der Waals surface area contributed by atoms with E-state index in [2.05, 4.69) is 6.07 Å². The monoisotopic (exact) mass is 149 g/mol. The van der Waals surface area contributed by atoms with Crippen molar-refractivity contribution in [3.05, 3.63) is 35.9 Å². The first kappa shape index (κ1) is 8.28. The molecule has 0 saturated carbocycles. The Labute approximate surface area is 67.7 Å². The van der Waals surface area contributed by atoms with Gasteiger partial charge in [-0.05, 0) is 25.5 Å². The van der Waals surface area contributed by atoms with Crippen LogP contribution in [0.5, 0.6) is 0 Å². The Morgan fingerprint density at radius 1 is 1.55 bits per heavy atom. The molecule has 0 fully saturated rings. The Kier molecular flexibility index (Phi) is 2.30. The van der Waals surface area contributed by atoms with Crippen molar-refractivity contribution in [3.63, 3.8) is 0 Å². The van der Waals surface area contributed by atoms with E-state index in [0.29, 0.717) is 6.42 Å². The fourth-order valence-corrected chi connectivity index (χ4v) is 1.04. The fourth-order valence-electron chi connectivity index (χ4n) is 1.04. The summed E-state index contributed by atoms with van der Waals surface area (Å²) < 4.78 is 0. The molecule has 0 atom stereocenters. The molecule has 0 spiro atoms. The zero-order valence-electron chi connectivity index (χ0n) is 6.96. The van der Waals surface area contributed by atoms with Gasteiger partial charge >= 0.3 is 0 Å². The molecule has 0 bridgehead atoms. The first-order chi connectivity index (χ1) is 5.08. The summed E-state index contributed by atoms with van der Waals surface area (Å²) in [5.74, 6) is 0. The van der Waals surface area contributed by atoms with E-state index in [9.17, 15) is 5.11 Å². The van der Waals surface area contributed by atoms with Crippen molar-refractivity contribution < 1.29 is 5.11 Å². The lowest BCUT2D eigenvalue weighted by molar-refractivity contribution is 0.0810. The van der Waals surface area contributed by atoms with Crippen molar-refractivity contribution in [3.8, 4) is 0 Å². The standard InChI is InChI=1S/C10H13O/c1-10(2,11)8-9-6-4-3-5-7-9/h3-4,6-7,11H,8H2,1-2H3. The van der Waals surface area contributed by atoms with Gasteiger partial charge in [-0.1, -0.05) is 24.3 Å². The molecule has 0 unspecified atom stereocenters. The number of rotatable bonds is 2. The second-order valence-electron chi connectivity index (χ2n) is 3.40. The van der Waals surface area contributed by atoms with Crippen molar-refractivity contribution >= 4 is 0 Å². The van der Waals surface area contributed by atoms with E-state index < -0.39 is 5.60 Å². The molecule has 1 nitrogen and oxygen atoms in total. The molecule has 0 saturated heterocycles. The largest absolute Gasteiger partial charge is 0.390 e. The molecule has 11 heavy (non-hydrogen) atoms. The first-order valence-electron chi connectivity index (χ1n) is 3.75. The SMILES string of the molecule is CC(C)(O)Cc1c[c]ccc1.